The summed E-state index contributed by atoms with van der Waals surface area (Å²) in [6.07, 6.45) is 1.49. The number of ether oxygens (including phenoxy) is 1. The summed E-state index contributed by atoms with van der Waals surface area (Å²) in [7, 11) is -4.25. The van der Waals surface area contributed by atoms with E-state index in [1.165, 1.54) is 30.3 Å². The molecule has 2 N–H and O–H groups in total. The number of hydrogen-bond acceptors (Lipinski definition) is 6. The van der Waals surface area contributed by atoms with Gasteiger partial charge in [0.1, 0.15) is 10.5 Å². The minimum absolute atomic E-state index is 0.0735. The monoisotopic (exact) mass is 518 g/mol. The first-order valence-corrected chi connectivity index (χ1v) is 13.1. The first-order chi connectivity index (χ1) is 17.9. The molecule has 37 heavy (non-hydrogen) atoms. The average molecular weight is 519 g/mol. The quantitative estimate of drug-likeness (QED) is 0.155. The Morgan fingerprint density at radius 1 is 0.838 bits per heavy atom. The Morgan fingerprint density at radius 3 is 2.35 bits per heavy atom. The summed E-state index contributed by atoms with van der Waals surface area (Å²) in [5, 5.41) is 7.29. The van der Waals surface area contributed by atoms with Gasteiger partial charge in [-0.2, -0.15) is 8.42 Å². The predicted molar refractivity (Wildman–Crippen MR) is 142 cm³/mol. The molecule has 0 saturated heterocycles. The smallest absolute Gasteiger partial charge is 0.341 e. The maximum Gasteiger partial charge on any atom is 0.341 e. The largest absolute Gasteiger partial charge is 0.462 e. The molecule has 8 nitrogen and oxygen atoms in total. The second-order valence-corrected chi connectivity index (χ2v) is 9.70. The number of amides is 2. The Balaban J connectivity index is 1.59. The van der Waals surface area contributed by atoms with E-state index < -0.39 is 22.1 Å². The topological polar surface area (TPSA) is 111 Å². The minimum Gasteiger partial charge on any atom is -0.462 e. The SMILES string of the molecule is CCCCOC(=O)c1ccc(NC(=O)Nc2cccc3ccccc23)cc1OS(=O)(=O)c1ccccc1. The Bertz CT molecular complexity index is 1520. The second kappa shape index (κ2) is 11.6. The molecule has 0 saturated carbocycles. The van der Waals surface area contributed by atoms with E-state index in [2.05, 4.69) is 10.6 Å². The molecule has 9 heteroatoms. The van der Waals surface area contributed by atoms with E-state index in [1.807, 2.05) is 43.3 Å². The fourth-order valence-corrected chi connectivity index (χ4v) is 4.56. The average Bonchev–Trinajstić information content (AvgIpc) is 2.89. The van der Waals surface area contributed by atoms with Gasteiger partial charge in [0.05, 0.1) is 12.3 Å². The van der Waals surface area contributed by atoms with Crippen LogP contribution in [0.15, 0.2) is 95.9 Å². The maximum absolute atomic E-state index is 12.9. The first-order valence-electron chi connectivity index (χ1n) is 11.7. The highest BCUT2D eigenvalue weighted by molar-refractivity contribution is 7.87. The Morgan fingerprint density at radius 2 is 1.57 bits per heavy atom. The molecule has 4 aromatic rings. The summed E-state index contributed by atoms with van der Waals surface area (Å²) >= 11 is 0. The lowest BCUT2D eigenvalue weighted by atomic mass is 10.1. The summed E-state index contributed by atoms with van der Waals surface area (Å²) in [4.78, 5) is 25.4. The van der Waals surface area contributed by atoms with Crippen molar-refractivity contribution in [2.24, 2.45) is 0 Å². The summed E-state index contributed by atoms with van der Waals surface area (Å²) in [5.41, 5.74) is 0.756. The van der Waals surface area contributed by atoms with E-state index >= 15 is 0 Å². The van der Waals surface area contributed by atoms with Gasteiger partial charge < -0.3 is 19.6 Å². The molecule has 0 aliphatic rings. The molecule has 2 amide bonds. The third kappa shape index (κ3) is 6.45. The number of benzene rings is 4. The van der Waals surface area contributed by atoms with Crippen LogP contribution in [0.5, 0.6) is 5.75 Å². The van der Waals surface area contributed by atoms with Gasteiger partial charge in [-0.25, -0.2) is 9.59 Å². The van der Waals surface area contributed by atoms with Crippen LogP contribution in [0.1, 0.15) is 30.1 Å². The van der Waals surface area contributed by atoms with Crippen molar-refractivity contribution < 1.29 is 26.9 Å². The lowest BCUT2D eigenvalue weighted by Crippen LogP contribution is -2.20. The third-order valence-electron chi connectivity index (χ3n) is 5.46. The fraction of sp³-hybridized carbons (Fsp3) is 0.143. The standard InChI is InChI=1S/C28H26N2O6S/c1-2-3-18-35-27(31)24-17-16-21(19-26(24)36-37(33,34)22-12-5-4-6-13-22)29-28(32)30-25-15-9-11-20-10-7-8-14-23(20)25/h4-17,19H,2-3,18H2,1H3,(H2,29,30,32). The van der Waals surface area contributed by atoms with Crippen LogP contribution in [-0.4, -0.2) is 27.0 Å². The molecule has 4 aromatic carbocycles. The van der Waals surface area contributed by atoms with Crippen molar-refractivity contribution in [1.82, 2.24) is 0 Å². The van der Waals surface area contributed by atoms with E-state index in [4.69, 9.17) is 8.92 Å². The molecular weight excluding hydrogens is 492 g/mol. The maximum atomic E-state index is 12.9. The Labute approximate surface area is 215 Å². The van der Waals surface area contributed by atoms with Crippen LogP contribution in [0.4, 0.5) is 16.2 Å². The van der Waals surface area contributed by atoms with E-state index in [1.54, 1.807) is 24.3 Å². The summed E-state index contributed by atoms with van der Waals surface area (Å²) in [6, 6.07) is 24.3. The van der Waals surface area contributed by atoms with Gasteiger partial charge in [-0.1, -0.05) is 67.9 Å². The van der Waals surface area contributed by atoms with Crippen molar-refractivity contribution in [3.63, 3.8) is 0 Å². The van der Waals surface area contributed by atoms with Gasteiger partial charge in [0, 0.05) is 17.1 Å². The fourth-order valence-electron chi connectivity index (χ4n) is 3.60. The number of rotatable bonds is 9. The zero-order valence-electron chi connectivity index (χ0n) is 20.1. The molecule has 0 radical (unpaired) electrons. The van der Waals surface area contributed by atoms with E-state index in [-0.39, 0.29) is 28.5 Å². The number of unbranched alkanes of at least 4 members (excludes halogenated alkanes) is 1. The highest BCUT2D eigenvalue weighted by Crippen LogP contribution is 2.28. The van der Waals surface area contributed by atoms with Gasteiger partial charge in [-0.05, 0) is 42.1 Å². The molecule has 0 aromatic heterocycles. The normalized spacial score (nSPS) is 11.1. The molecule has 190 valence electrons. The third-order valence-corrected chi connectivity index (χ3v) is 6.71. The van der Waals surface area contributed by atoms with Crippen LogP contribution in [0.2, 0.25) is 0 Å². The molecule has 0 heterocycles. The highest BCUT2D eigenvalue weighted by Gasteiger charge is 2.23. The number of hydrogen-bond donors (Lipinski definition) is 2. The van der Waals surface area contributed by atoms with Gasteiger partial charge in [0.15, 0.2) is 5.75 Å². The number of fused-ring (bicyclic) bond motifs is 1. The van der Waals surface area contributed by atoms with E-state index in [0.29, 0.717) is 12.1 Å². The van der Waals surface area contributed by atoms with Crippen molar-refractivity contribution in [1.29, 1.82) is 0 Å². The Hall–Kier alpha value is -4.37. The highest BCUT2D eigenvalue weighted by atomic mass is 32.2. The van der Waals surface area contributed by atoms with Crippen LogP contribution in [0.3, 0.4) is 0 Å². The van der Waals surface area contributed by atoms with Crippen LogP contribution in [-0.2, 0) is 14.9 Å². The van der Waals surface area contributed by atoms with Gasteiger partial charge >= 0.3 is 22.1 Å². The van der Waals surface area contributed by atoms with Crippen LogP contribution in [0, 0.1) is 0 Å². The van der Waals surface area contributed by atoms with Crippen LogP contribution >= 0.6 is 0 Å². The van der Waals surface area contributed by atoms with Gasteiger partial charge in [-0.15, -0.1) is 0 Å². The number of nitrogens with one attached hydrogen (secondary N) is 2. The first kappa shape index (κ1) is 25.7. The number of urea groups is 1. The minimum atomic E-state index is -4.25. The molecule has 0 spiro atoms. The molecule has 4 rings (SSSR count). The molecular formula is C28H26N2O6S. The van der Waals surface area contributed by atoms with Crippen LogP contribution < -0.4 is 14.8 Å². The number of esters is 1. The van der Waals surface area contributed by atoms with Crippen molar-refractivity contribution in [2.75, 3.05) is 17.2 Å². The van der Waals surface area contributed by atoms with Gasteiger partial charge in [0.25, 0.3) is 0 Å². The number of carbonyl (C=O) groups is 2. The van der Waals surface area contributed by atoms with Crippen molar-refractivity contribution in [3.8, 4) is 5.75 Å². The van der Waals surface area contributed by atoms with E-state index in [9.17, 15) is 18.0 Å². The molecule has 0 bridgehead atoms. The second-order valence-electron chi connectivity index (χ2n) is 8.16. The molecule has 0 atom stereocenters. The Kier molecular flexibility index (Phi) is 8.05. The molecule has 0 fully saturated rings. The molecule has 0 unspecified atom stereocenters. The van der Waals surface area contributed by atoms with Crippen molar-refractivity contribution in [3.05, 3.63) is 96.6 Å². The van der Waals surface area contributed by atoms with Crippen LogP contribution in [0.25, 0.3) is 10.8 Å². The summed E-state index contributed by atoms with van der Waals surface area (Å²) in [5.74, 6) is -0.980. The lowest BCUT2D eigenvalue weighted by Gasteiger charge is -2.14. The molecule has 0 aliphatic carbocycles. The van der Waals surface area contributed by atoms with Gasteiger partial charge in [-0.3, -0.25) is 0 Å². The zero-order chi connectivity index (χ0) is 26.3. The predicted octanol–water partition coefficient (Wildman–Crippen LogP) is 6.21. The van der Waals surface area contributed by atoms with Crippen molar-refractivity contribution >= 4 is 44.3 Å². The summed E-state index contributed by atoms with van der Waals surface area (Å²) < 4.78 is 36.3. The van der Waals surface area contributed by atoms with Crippen molar-refractivity contribution in [2.45, 2.75) is 24.7 Å². The lowest BCUT2D eigenvalue weighted by molar-refractivity contribution is 0.0498. The number of carbonyl (C=O) groups excluding carboxylic acids is 2. The molecule has 0 aliphatic heterocycles. The van der Waals surface area contributed by atoms with Gasteiger partial charge in [0.2, 0.25) is 0 Å². The summed E-state index contributed by atoms with van der Waals surface area (Å²) in [6.45, 7) is 2.15. The van der Waals surface area contributed by atoms with E-state index in [0.717, 1.165) is 17.2 Å². The number of anilines is 2. The zero-order valence-corrected chi connectivity index (χ0v) is 21.0.